The van der Waals surface area contributed by atoms with Gasteiger partial charge in [-0.15, -0.1) is 0 Å². The second kappa shape index (κ2) is 7.49. The van der Waals surface area contributed by atoms with E-state index in [0.717, 1.165) is 35.0 Å². The Labute approximate surface area is 160 Å². The summed E-state index contributed by atoms with van der Waals surface area (Å²) in [7, 11) is 3.30. The molecule has 3 aromatic carbocycles. The van der Waals surface area contributed by atoms with Crippen LogP contribution in [0.15, 0.2) is 54.6 Å². The second-order valence-electron chi connectivity index (χ2n) is 6.98. The van der Waals surface area contributed by atoms with Crippen LogP contribution in [0.3, 0.4) is 0 Å². The molecule has 0 radical (unpaired) electrons. The summed E-state index contributed by atoms with van der Waals surface area (Å²) in [5, 5.41) is 13.1. The van der Waals surface area contributed by atoms with Gasteiger partial charge in [-0.1, -0.05) is 36.4 Å². The van der Waals surface area contributed by atoms with E-state index in [1.165, 1.54) is 12.8 Å². The molecule has 4 nitrogen and oxygen atoms in total. The smallest absolute Gasteiger partial charge is 0.161 e. The van der Waals surface area contributed by atoms with Gasteiger partial charge in [0.15, 0.2) is 11.5 Å². The molecule has 140 valence electrons. The lowest BCUT2D eigenvalue weighted by Crippen LogP contribution is -2.27. The lowest BCUT2D eigenvalue weighted by Gasteiger charge is -2.30. The Morgan fingerprint density at radius 2 is 1.63 bits per heavy atom. The summed E-state index contributed by atoms with van der Waals surface area (Å²) in [4.78, 5) is 2.45. The first kappa shape index (κ1) is 17.7. The Balaban J connectivity index is 1.93. The first-order chi connectivity index (χ1) is 13.2. The van der Waals surface area contributed by atoms with Crippen LogP contribution in [0.25, 0.3) is 10.8 Å². The van der Waals surface area contributed by atoms with E-state index in [0.29, 0.717) is 17.2 Å². The first-order valence-corrected chi connectivity index (χ1v) is 9.39. The number of nitrogens with zero attached hydrogens (tertiary/aromatic N) is 1. The van der Waals surface area contributed by atoms with Crippen molar-refractivity contribution >= 4 is 10.8 Å². The normalized spacial score (nSPS) is 15.8. The highest BCUT2D eigenvalue weighted by Gasteiger charge is 2.29. The average Bonchev–Trinajstić information content (AvgIpc) is 3.24. The number of fused-ring (bicyclic) bond motifs is 1. The van der Waals surface area contributed by atoms with Crippen LogP contribution in [0.1, 0.15) is 30.0 Å². The largest absolute Gasteiger partial charge is 0.508 e. The van der Waals surface area contributed by atoms with E-state index in [1.54, 1.807) is 14.2 Å². The van der Waals surface area contributed by atoms with Crippen LogP contribution in [-0.2, 0) is 0 Å². The van der Waals surface area contributed by atoms with Crippen LogP contribution < -0.4 is 9.47 Å². The van der Waals surface area contributed by atoms with Crippen LogP contribution in [0, 0.1) is 0 Å². The Morgan fingerprint density at radius 1 is 0.889 bits per heavy atom. The highest BCUT2D eigenvalue weighted by Crippen LogP contribution is 2.42. The molecule has 4 heteroatoms. The fraction of sp³-hybridized carbons (Fsp3) is 0.304. The number of phenolic OH excluding ortho intramolecular Hbond substituents is 1. The van der Waals surface area contributed by atoms with E-state index >= 15 is 0 Å². The Bertz CT molecular complexity index is 948. The third kappa shape index (κ3) is 3.21. The Morgan fingerprint density at radius 3 is 2.37 bits per heavy atom. The lowest BCUT2D eigenvalue weighted by atomic mass is 9.91. The number of ether oxygens (including phenoxy) is 2. The summed E-state index contributed by atoms with van der Waals surface area (Å²) in [5.74, 6) is 1.75. The van der Waals surface area contributed by atoms with E-state index in [4.69, 9.17) is 9.47 Å². The summed E-state index contributed by atoms with van der Waals surface area (Å²) in [6.07, 6.45) is 2.35. The summed E-state index contributed by atoms with van der Waals surface area (Å²) >= 11 is 0. The minimum Gasteiger partial charge on any atom is -0.508 e. The molecule has 1 atom stereocenters. The molecule has 1 heterocycles. The van der Waals surface area contributed by atoms with Crippen LogP contribution in [-0.4, -0.2) is 37.3 Å². The number of hydrogen-bond acceptors (Lipinski definition) is 4. The SMILES string of the molecule is COc1ccc(C(c2c(O)ccc3ccccc23)N2CCCC2)cc1OC. The quantitative estimate of drug-likeness (QED) is 0.710. The van der Waals surface area contributed by atoms with Crippen molar-refractivity contribution in [2.45, 2.75) is 18.9 Å². The fourth-order valence-electron chi connectivity index (χ4n) is 4.15. The molecule has 1 aliphatic heterocycles. The van der Waals surface area contributed by atoms with Gasteiger partial charge in [-0.25, -0.2) is 0 Å². The molecule has 1 fully saturated rings. The number of benzene rings is 3. The predicted octanol–water partition coefficient (Wildman–Crippen LogP) is 4.75. The minimum atomic E-state index is -0.0293. The van der Waals surface area contributed by atoms with Gasteiger partial charge in [-0.3, -0.25) is 4.90 Å². The van der Waals surface area contributed by atoms with Crippen molar-refractivity contribution < 1.29 is 14.6 Å². The molecule has 0 bridgehead atoms. The maximum atomic E-state index is 10.8. The van der Waals surface area contributed by atoms with E-state index in [2.05, 4.69) is 23.1 Å². The average molecular weight is 363 g/mol. The van der Waals surface area contributed by atoms with Crippen molar-refractivity contribution in [2.24, 2.45) is 0 Å². The van der Waals surface area contributed by atoms with Crippen molar-refractivity contribution in [1.82, 2.24) is 4.90 Å². The molecule has 1 N–H and O–H groups in total. The van der Waals surface area contributed by atoms with Crippen LogP contribution in [0.4, 0.5) is 0 Å². The van der Waals surface area contributed by atoms with Crippen LogP contribution in [0.5, 0.6) is 17.2 Å². The summed E-state index contributed by atoms with van der Waals surface area (Å²) in [6, 6.07) is 18.0. The number of hydrogen-bond donors (Lipinski definition) is 1. The Kier molecular flexibility index (Phi) is 4.90. The molecule has 1 unspecified atom stereocenters. The van der Waals surface area contributed by atoms with Crippen molar-refractivity contribution in [2.75, 3.05) is 27.3 Å². The van der Waals surface area contributed by atoms with Crippen LogP contribution >= 0.6 is 0 Å². The highest BCUT2D eigenvalue weighted by atomic mass is 16.5. The predicted molar refractivity (Wildman–Crippen MR) is 108 cm³/mol. The van der Waals surface area contributed by atoms with Gasteiger partial charge in [-0.2, -0.15) is 0 Å². The lowest BCUT2D eigenvalue weighted by molar-refractivity contribution is 0.275. The molecule has 0 aromatic heterocycles. The summed E-state index contributed by atoms with van der Waals surface area (Å²) in [6.45, 7) is 2.03. The maximum Gasteiger partial charge on any atom is 0.161 e. The van der Waals surface area contributed by atoms with Crippen molar-refractivity contribution in [3.05, 3.63) is 65.7 Å². The molecule has 1 aliphatic rings. The second-order valence-corrected chi connectivity index (χ2v) is 6.98. The number of methoxy groups -OCH3 is 2. The third-order valence-corrected chi connectivity index (χ3v) is 5.45. The number of rotatable bonds is 5. The zero-order chi connectivity index (χ0) is 18.8. The molecule has 4 rings (SSSR count). The van der Waals surface area contributed by atoms with Gasteiger partial charge in [0.05, 0.1) is 20.3 Å². The van der Waals surface area contributed by atoms with E-state index in [1.807, 2.05) is 36.4 Å². The van der Waals surface area contributed by atoms with Gasteiger partial charge in [0, 0.05) is 5.56 Å². The number of aromatic hydroxyl groups is 1. The monoisotopic (exact) mass is 363 g/mol. The summed E-state index contributed by atoms with van der Waals surface area (Å²) in [5.41, 5.74) is 2.06. The van der Waals surface area contributed by atoms with Crippen molar-refractivity contribution in [3.8, 4) is 17.2 Å². The van der Waals surface area contributed by atoms with Crippen LogP contribution in [0.2, 0.25) is 0 Å². The molecule has 27 heavy (non-hydrogen) atoms. The van der Waals surface area contributed by atoms with Crippen molar-refractivity contribution in [3.63, 3.8) is 0 Å². The maximum absolute atomic E-state index is 10.8. The Hall–Kier alpha value is -2.72. The van der Waals surface area contributed by atoms with E-state index in [-0.39, 0.29) is 6.04 Å². The standard InChI is InChI=1S/C23H25NO3/c1-26-20-12-10-17(15-21(20)27-2)23(24-13-5-6-14-24)22-18-8-4-3-7-16(18)9-11-19(22)25/h3-4,7-12,15,23,25H,5-6,13-14H2,1-2H3. The van der Waals surface area contributed by atoms with E-state index < -0.39 is 0 Å². The number of likely N-dealkylation sites (tertiary alicyclic amines) is 1. The summed E-state index contributed by atoms with van der Waals surface area (Å²) < 4.78 is 10.9. The van der Waals surface area contributed by atoms with Gasteiger partial charge in [-0.05, 0) is 60.5 Å². The highest BCUT2D eigenvalue weighted by molar-refractivity contribution is 5.88. The molecule has 1 saturated heterocycles. The molecule has 0 spiro atoms. The zero-order valence-electron chi connectivity index (χ0n) is 15.8. The zero-order valence-corrected chi connectivity index (χ0v) is 15.8. The van der Waals surface area contributed by atoms with Gasteiger partial charge in [0.2, 0.25) is 0 Å². The molecular formula is C23H25NO3. The van der Waals surface area contributed by atoms with Gasteiger partial charge >= 0.3 is 0 Å². The first-order valence-electron chi connectivity index (χ1n) is 9.39. The van der Waals surface area contributed by atoms with E-state index in [9.17, 15) is 5.11 Å². The van der Waals surface area contributed by atoms with Gasteiger partial charge < -0.3 is 14.6 Å². The van der Waals surface area contributed by atoms with Gasteiger partial charge in [0.25, 0.3) is 0 Å². The topological polar surface area (TPSA) is 41.9 Å². The van der Waals surface area contributed by atoms with Crippen molar-refractivity contribution in [1.29, 1.82) is 0 Å². The minimum absolute atomic E-state index is 0.0293. The fourth-order valence-corrected chi connectivity index (χ4v) is 4.15. The number of phenols is 1. The molecule has 3 aromatic rings. The molecule has 0 amide bonds. The molecule has 0 aliphatic carbocycles. The third-order valence-electron chi connectivity index (χ3n) is 5.45. The molecular weight excluding hydrogens is 338 g/mol. The molecule has 0 saturated carbocycles. The van der Waals surface area contributed by atoms with Gasteiger partial charge in [0.1, 0.15) is 5.75 Å².